The third-order valence-corrected chi connectivity index (χ3v) is 3.53. The quantitative estimate of drug-likeness (QED) is 0.596. The van der Waals surface area contributed by atoms with Crippen LogP contribution in [0.15, 0.2) is 21.8 Å². The Morgan fingerprint density at radius 3 is 2.79 bits per heavy atom. The van der Waals surface area contributed by atoms with Crippen molar-refractivity contribution in [3.63, 3.8) is 0 Å². The fraction of sp³-hybridized carbons (Fsp3) is 0.643. The van der Waals surface area contributed by atoms with E-state index in [-0.39, 0.29) is 5.60 Å². The van der Waals surface area contributed by atoms with E-state index in [2.05, 4.69) is 39.4 Å². The minimum atomic E-state index is -0.226. The maximum absolute atomic E-state index is 5.37. The molecule has 1 aromatic rings. The van der Waals surface area contributed by atoms with Gasteiger partial charge >= 0.3 is 0 Å². The molecule has 2 N–H and O–H groups in total. The van der Waals surface area contributed by atoms with Crippen molar-refractivity contribution in [2.24, 2.45) is 4.99 Å². The van der Waals surface area contributed by atoms with Crippen molar-refractivity contribution in [3.8, 4) is 0 Å². The van der Waals surface area contributed by atoms with Crippen LogP contribution in [0.1, 0.15) is 26.3 Å². The lowest BCUT2D eigenvalue weighted by Gasteiger charge is -2.21. The third kappa shape index (κ3) is 6.59. The Hall–Kier alpha value is -1.07. The van der Waals surface area contributed by atoms with Gasteiger partial charge in [-0.15, -0.1) is 0 Å². The molecular weight excluding hydrogens is 258 g/mol. The van der Waals surface area contributed by atoms with E-state index in [9.17, 15) is 0 Å². The molecule has 0 atom stereocenters. The lowest BCUT2D eigenvalue weighted by atomic mass is 10.1. The fourth-order valence-corrected chi connectivity index (χ4v) is 2.14. The number of thiophene rings is 1. The summed E-state index contributed by atoms with van der Waals surface area (Å²) in [5.74, 6) is 0.850. The summed E-state index contributed by atoms with van der Waals surface area (Å²) in [5, 5.41) is 10.9. The molecule has 5 heteroatoms. The average molecular weight is 283 g/mol. The maximum atomic E-state index is 5.37. The minimum Gasteiger partial charge on any atom is -0.377 e. The molecule has 0 spiro atoms. The van der Waals surface area contributed by atoms with Crippen molar-refractivity contribution in [1.82, 2.24) is 10.6 Å². The van der Waals surface area contributed by atoms with E-state index >= 15 is 0 Å². The first kappa shape index (κ1) is 16.0. The smallest absolute Gasteiger partial charge is 0.191 e. The van der Waals surface area contributed by atoms with E-state index in [1.54, 1.807) is 18.4 Å². The second-order valence-electron chi connectivity index (χ2n) is 4.97. The number of hydrogen-bond acceptors (Lipinski definition) is 3. The first-order valence-corrected chi connectivity index (χ1v) is 7.60. The normalized spacial score (nSPS) is 12.5. The molecule has 0 bridgehead atoms. The Bertz CT molecular complexity index is 374. The molecule has 0 saturated heterocycles. The zero-order valence-electron chi connectivity index (χ0n) is 12.3. The second-order valence-corrected chi connectivity index (χ2v) is 5.75. The Kier molecular flexibility index (Phi) is 6.87. The van der Waals surface area contributed by atoms with Crippen LogP contribution in [0.25, 0.3) is 0 Å². The number of aliphatic imine (C=N–C) groups is 1. The predicted molar refractivity (Wildman–Crippen MR) is 83.1 cm³/mol. The molecule has 4 nitrogen and oxygen atoms in total. The number of rotatable bonds is 7. The van der Waals surface area contributed by atoms with Gasteiger partial charge in [0.15, 0.2) is 5.96 Å². The first-order valence-electron chi connectivity index (χ1n) is 6.66. The molecule has 0 aliphatic carbocycles. The van der Waals surface area contributed by atoms with Gasteiger partial charge in [0.05, 0.1) is 12.1 Å². The van der Waals surface area contributed by atoms with E-state index in [4.69, 9.17) is 4.74 Å². The number of nitrogens with zero attached hydrogens (tertiary/aromatic N) is 1. The summed E-state index contributed by atoms with van der Waals surface area (Å²) in [6.07, 6.45) is 1.02. The van der Waals surface area contributed by atoms with Gasteiger partial charge in [-0.2, -0.15) is 11.3 Å². The highest BCUT2D eigenvalue weighted by Crippen LogP contribution is 2.07. The van der Waals surface area contributed by atoms with Gasteiger partial charge in [-0.3, -0.25) is 4.99 Å². The Labute approximate surface area is 120 Å². The van der Waals surface area contributed by atoms with E-state index in [0.29, 0.717) is 6.54 Å². The van der Waals surface area contributed by atoms with Crippen LogP contribution in [-0.2, 0) is 11.2 Å². The van der Waals surface area contributed by atoms with Crippen molar-refractivity contribution in [3.05, 3.63) is 22.4 Å². The number of hydrogen-bond donors (Lipinski definition) is 2. The molecule has 0 radical (unpaired) electrons. The highest BCUT2D eigenvalue weighted by Gasteiger charge is 2.15. The molecular formula is C14H25N3OS. The van der Waals surface area contributed by atoms with Crippen LogP contribution in [-0.4, -0.2) is 38.3 Å². The van der Waals surface area contributed by atoms with Crippen LogP contribution in [0.3, 0.4) is 0 Å². The number of methoxy groups -OCH3 is 1. The molecule has 0 fully saturated rings. The molecule has 1 rings (SSSR count). The maximum Gasteiger partial charge on any atom is 0.191 e. The highest BCUT2D eigenvalue weighted by atomic mass is 32.1. The van der Waals surface area contributed by atoms with Gasteiger partial charge in [0.2, 0.25) is 0 Å². The van der Waals surface area contributed by atoms with Gasteiger partial charge in [-0.1, -0.05) is 0 Å². The molecule has 1 heterocycles. The van der Waals surface area contributed by atoms with Gasteiger partial charge in [-0.25, -0.2) is 0 Å². The summed E-state index contributed by atoms with van der Waals surface area (Å²) in [7, 11) is 1.71. The highest BCUT2D eigenvalue weighted by molar-refractivity contribution is 7.07. The molecule has 1 aromatic heterocycles. The SMILES string of the molecule is CCNC(=NCC(C)(C)OC)NCCc1ccsc1. The van der Waals surface area contributed by atoms with Crippen molar-refractivity contribution >= 4 is 17.3 Å². The Morgan fingerprint density at radius 1 is 1.42 bits per heavy atom. The summed E-state index contributed by atoms with van der Waals surface area (Å²) in [5.41, 5.74) is 1.14. The topological polar surface area (TPSA) is 45.7 Å². The number of ether oxygens (including phenoxy) is 1. The van der Waals surface area contributed by atoms with E-state index in [1.165, 1.54) is 5.56 Å². The standard InChI is InChI=1S/C14H25N3OS/c1-5-15-13(17-11-14(2,3)18-4)16-8-6-12-7-9-19-10-12/h7,9-10H,5-6,8,11H2,1-4H3,(H2,15,16,17). The predicted octanol–water partition coefficient (Wildman–Crippen LogP) is 2.27. The first-order chi connectivity index (χ1) is 9.07. The zero-order chi connectivity index (χ0) is 14.1. The molecule has 0 unspecified atom stereocenters. The van der Waals surface area contributed by atoms with Crippen LogP contribution in [0.4, 0.5) is 0 Å². The van der Waals surface area contributed by atoms with Gasteiger partial charge in [0.25, 0.3) is 0 Å². The second kappa shape index (κ2) is 8.17. The van der Waals surface area contributed by atoms with E-state index < -0.39 is 0 Å². The van der Waals surface area contributed by atoms with E-state index in [0.717, 1.165) is 25.5 Å². The summed E-state index contributed by atoms with van der Waals surface area (Å²) in [6.45, 7) is 8.51. The van der Waals surface area contributed by atoms with Crippen molar-refractivity contribution in [2.75, 3.05) is 26.7 Å². The molecule has 19 heavy (non-hydrogen) atoms. The summed E-state index contributed by atoms with van der Waals surface area (Å²) < 4.78 is 5.37. The molecule has 0 aliphatic rings. The molecule has 0 aliphatic heterocycles. The van der Waals surface area contributed by atoms with Crippen molar-refractivity contribution in [1.29, 1.82) is 0 Å². The average Bonchev–Trinajstić information content (AvgIpc) is 2.89. The molecule has 108 valence electrons. The summed E-state index contributed by atoms with van der Waals surface area (Å²) in [6, 6.07) is 2.16. The molecule has 0 aromatic carbocycles. The van der Waals surface area contributed by atoms with Gasteiger partial charge in [-0.05, 0) is 49.6 Å². The number of guanidine groups is 1. The van der Waals surface area contributed by atoms with Gasteiger partial charge < -0.3 is 15.4 Å². The molecule has 0 saturated carbocycles. The lowest BCUT2D eigenvalue weighted by Crippen LogP contribution is -2.40. The van der Waals surface area contributed by atoms with Crippen molar-refractivity contribution in [2.45, 2.75) is 32.8 Å². The van der Waals surface area contributed by atoms with Crippen LogP contribution in [0, 0.1) is 0 Å². The van der Waals surface area contributed by atoms with Crippen LogP contribution in [0.5, 0.6) is 0 Å². The van der Waals surface area contributed by atoms with Crippen LogP contribution >= 0.6 is 11.3 Å². The van der Waals surface area contributed by atoms with Crippen LogP contribution < -0.4 is 10.6 Å². The summed E-state index contributed by atoms with van der Waals surface area (Å²) >= 11 is 1.74. The lowest BCUT2D eigenvalue weighted by molar-refractivity contribution is 0.0310. The zero-order valence-corrected chi connectivity index (χ0v) is 13.1. The summed E-state index contributed by atoms with van der Waals surface area (Å²) in [4.78, 5) is 4.55. The monoisotopic (exact) mass is 283 g/mol. The van der Waals surface area contributed by atoms with Gasteiger partial charge in [0, 0.05) is 20.2 Å². The Balaban J connectivity index is 2.41. The van der Waals surface area contributed by atoms with Crippen LogP contribution in [0.2, 0.25) is 0 Å². The Morgan fingerprint density at radius 2 is 2.21 bits per heavy atom. The third-order valence-electron chi connectivity index (χ3n) is 2.80. The minimum absolute atomic E-state index is 0.226. The fourth-order valence-electron chi connectivity index (χ4n) is 1.44. The van der Waals surface area contributed by atoms with Gasteiger partial charge in [0.1, 0.15) is 0 Å². The van der Waals surface area contributed by atoms with Crippen molar-refractivity contribution < 1.29 is 4.74 Å². The number of nitrogens with one attached hydrogen (secondary N) is 2. The largest absolute Gasteiger partial charge is 0.377 e. The van der Waals surface area contributed by atoms with E-state index in [1.807, 2.05) is 13.8 Å². The molecule has 0 amide bonds.